The molecule has 5 aromatic carbocycles. The van der Waals surface area contributed by atoms with Gasteiger partial charge in [-0.05, 0) is 76.1 Å². The molecule has 0 atom stereocenters. The van der Waals surface area contributed by atoms with Crippen LogP contribution in [0.4, 0.5) is 17.1 Å². The van der Waals surface area contributed by atoms with Gasteiger partial charge in [-0.25, -0.2) is 0 Å². The maximum atomic E-state index is 9.75. The van der Waals surface area contributed by atoms with Gasteiger partial charge in [0.25, 0.3) is 0 Å². The fourth-order valence-electron chi connectivity index (χ4n) is 11.7. The molecule has 2 aromatic heterocycles. The van der Waals surface area contributed by atoms with Crippen LogP contribution in [0.3, 0.4) is 0 Å². The minimum atomic E-state index is -0.209. The van der Waals surface area contributed by atoms with E-state index in [1.807, 2.05) is 0 Å². The molecule has 3 aliphatic rings. The zero-order valence-corrected chi connectivity index (χ0v) is 47.1. The summed E-state index contributed by atoms with van der Waals surface area (Å²) in [6, 6.07) is 35.1. The van der Waals surface area contributed by atoms with Gasteiger partial charge in [0.05, 0.1) is 10.8 Å². The largest absolute Gasteiger partial charge is 1.00 e. The summed E-state index contributed by atoms with van der Waals surface area (Å²) < 4.78 is 22.8. The highest BCUT2D eigenvalue weighted by molar-refractivity contribution is 6.16. The van der Waals surface area contributed by atoms with Gasteiger partial charge in [-0.2, -0.15) is 9.15 Å². The Labute approximate surface area is 453 Å². The molecule has 5 heterocycles. The van der Waals surface area contributed by atoms with E-state index in [1.165, 1.54) is 102 Å². The van der Waals surface area contributed by atoms with E-state index in [1.54, 1.807) is 0 Å². The van der Waals surface area contributed by atoms with Crippen LogP contribution in [0.1, 0.15) is 92.7 Å². The zero-order chi connectivity index (χ0) is 50.1. The summed E-state index contributed by atoms with van der Waals surface area (Å²) in [5.41, 5.74) is 16.6. The summed E-state index contributed by atoms with van der Waals surface area (Å²) >= 11 is 0. The predicted octanol–water partition coefficient (Wildman–Crippen LogP) is 6.02. The SMILES string of the molecule is CC1=[N+](CCCO)c2ccc3c(c2C1(C)C)c1ccccc1n3C.[2H]OC.[3H]CCCN1C(=CC=CC=CC2=[N+](CCCO)c3ccc4c(c3C2(C)C)c2ccccc2n4C)C(C)(C)c2ccccc21.[I-].[I-]. The lowest BCUT2D eigenvalue weighted by atomic mass is 9.79. The number of anilines is 1. The van der Waals surface area contributed by atoms with Gasteiger partial charge in [0.2, 0.25) is 12.8 Å². The summed E-state index contributed by atoms with van der Waals surface area (Å²) in [4.78, 5) is 2.40. The van der Waals surface area contributed by atoms with Gasteiger partial charge >= 0.3 is 0 Å². The first-order valence-corrected chi connectivity index (χ1v) is 24.3. The number of aliphatic hydroxyl groups excluding tert-OH is 3. The number of benzene rings is 5. The van der Waals surface area contributed by atoms with Gasteiger partial charge in [0, 0.05) is 152 Å². The lowest BCUT2D eigenvalue weighted by Crippen LogP contribution is -3.00. The number of nitrogens with zero attached hydrogens (tertiary/aromatic N) is 5. The minimum Gasteiger partial charge on any atom is -1.00 e. The lowest BCUT2D eigenvalue weighted by Gasteiger charge is -2.26. The van der Waals surface area contributed by atoms with Gasteiger partial charge in [-0.3, -0.25) is 0 Å². The van der Waals surface area contributed by atoms with E-state index in [0.29, 0.717) is 13.3 Å². The molecular formula is C60H73I2N5O3. The van der Waals surface area contributed by atoms with Crippen molar-refractivity contribution in [2.45, 2.75) is 90.9 Å². The second-order valence-corrected chi connectivity index (χ2v) is 20.0. The van der Waals surface area contributed by atoms with E-state index >= 15 is 0 Å². The van der Waals surface area contributed by atoms with E-state index in [0.717, 1.165) is 32.5 Å². The molecule has 70 heavy (non-hydrogen) atoms. The Morgan fingerprint density at radius 3 is 1.73 bits per heavy atom. The van der Waals surface area contributed by atoms with E-state index in [-0.39, 0.29) is 77.4 Å². The van der Waals surface area contributed by atoms with Crippen molar-refractivity contribution in [3.8, 4) is 0 Å². The van der Waals surface area contributed by atoms with Crippen molar-refractivity contribution in [3.05, 3.63) is 150 Å². The number of aliphatic hydroxyl groups is 3. The standard InChI is InChI=1S/C38H44N3O.C21H25N2O.CH4O.2HI/c1-7-24-40-30-19-14-12-17-28(30)37(2,3)33(40)20-9-8-10-21-34-38(4,5)36-32(41(34)25-15-26-42)23-22-31-35(36)27-16-11-13-18-29(27)39(31)6;1-14-21(2,3)20-18(23(14)12-7-13-24)11-10-17-19(20)15-8-5-6-9-16(15)22(17)4;1-2;;/h8-14,16-23,42H,7,15,24-26H2,1-6H3;5-6,8-11,24H,7,12-13H2,1-4H3;2H,1H3;2*1H/q2*+1;;;/p-2/i1T;;2D;;. The van der Waals surface area contributed by atoms with Crippen molar-refractivity contribution in [3.63, 3.8) is 0 Å². The zero-order valence-electron chi connectivity index (χ0n) is 44.8. The number of aromatic nitrogens is 2. The molecule has 0 saturated carbocycles. The quantitative estimate of drug-likeness (QED) is 0.0843. The summed E-state index contributed by atoms with van der Waals surface area (Å²) in [5, 5.41) is 27.8. The number of fused-ring (bicyclic) bond motifs is 11. The lowest BCUT2D eigenvalue weighted by molar-refractivity contribution is -0.440. The van der Waals surface area contributed by atoms with Crippen LogP contribution >= 0.6 is 0 Å². The summed E-state index contributed by atoms with van der Waals surface area (Å²) in [7, 11) is 5.60. The highest BCUT2D eigenvalue weighted by Gasteiger charge is 2.47. The van der Waals surface area contributed by atoms with Crippen LogP contribution in [0.5, 0.6) is 0 Å². The normalized spacial score (nSPS) is 17.1. The Bertz CT molecular complexity index is 3270. The average molecular weight is 1170 g/mol. The van der Waals surface area contributed by atoms with Crippen molar-refractivity contribution >= 4 is 72.1 Å². The topological polar surface area (TPSA) is 79.8 Å². The molecule has 370 valence electrons. The van der Waals surface area contributed by atoms with Crippen LogP contribution in [-0.2, 0) is 30.3 Å². The van der Waals surface area contributed by atoms with Crippen molar-refractivity contribution in [2.75, 3.05) is 44.9 Å². The van der Waals surface area contributed by atoms with Crippen molar-refractivity contribution < 1.29 is 73.8 Å². The van der Waals surface area contributed by atoms with Gasteiger partial charge in [0.1, 0.15) is 0 Å². The molecule has 3 N–H and O–H groups in total. The van der Waals surface area contributed by atoms with Gasteiger partial charge in [-0.1, -0.05) is 93.6 Å². The second-order valence-electron chi connectivity index (χ2n) is 20.0. The van der Waals surface area contributed by atoms with Gasteiger partial charge in [0.15, 0.2) is 24.5 Å². The first kappa shape index (κ1) is 51.7. The maximum Gasteiger partial charge on any atom is 0.210 e. The number of halogens is 2. The van der Waals surface area contributed by atoms with Gasteiger partial charge < -0.3 is 77.3 Å². The van der Waals surface area contributed by atoms with Crippen LogP contribution in [0.15, 0.2) is 133 Å². The third-order valence-electron chi connectivity index (χ3n) is 15.2. The second kappa shape index (κ2) is 22.0. The highest BCUT2D eigenvalue weighted by atomic mass is 127. The first-order chi connectivity index (χ1) is 33.6. The number of allylic oxidation sites excluding steroid dienone is 6. The number of aryl methyl sites for hydroxylation is 2. The molecule has 0 aliphatic carbocycles. The van der Waals surface area contributed by atoms with Crippen molar-refractivity contribution in [1.29, 1.82) is 1.43 Å². The molecule has 0 amide bonds. The molecule has 0 spiro atoms. The molecule has 3 aliphatic heterocycles. The molecule has 10 rings (SSSR count). The van der Waals surface area contributed by atoms with Crippen LogP contribution in [0.25, 0.3) is 43.6 Å². The van der Waals surface area contributed by atoms with Crippen LogP contribution < -0.4 is 52.9 Å². The summed E-state index contributed by atoms with van der Waals surface area (Å²) in [6.45, 7) is 19.5. The Morgan fingerprint density at radius 2 is 1.16 bits per heavy atom. The fraction of sp³-hybridized carbons (Fsp3) is 0.367. The molecule has 0 saturated heterocycles. The summed E-state index contributed by atoms with van der Waals surface area (Å²) in [6.07, 6.45) is 13.3. The van der Waals surface area contributed by atoms with Crippen LogP contribution in [0.2, 0.25) is 0 Å². The average Bonchev–Trinajstić information content (AvgIpc) is 4.02. The highest BCUT2D eigenvalue weighted by Crippen LogP contribution is 2.50. The van der Waals surface area contributed by atoms with E-state index in [2.05, 4.69) is 218 Å². The summed E-state index contributed by atoms with van der Waals surface area (Å²) in [5.74, 6) is 0. The minimum absolute atomic E-state index is 0. The number of hydrogen-bond donors (Lipinski definition) is 3. The number of rotatable bonds is 11. The molecule has 0 unspecified atom stereocenters. The van der Waals surface area contributed by atoms with Crippen molar-refractivity contribution in [1.82, 2.24) is 9.13 Å². The van der Waals surface area contributed by atoms with E-state index < -0.39 is 0 Å². The Balaban J connectivity index is 0.000000247. The Kier molecular flexibility index (Phi) is 16.3. The monoisotopic (exact) mass is 1170 g/mol. The molecule has 8 nitrogen and oxygen atoms in total. The molecule has 10 heteroatoms. The van der Waals surface area contributed by atoms with Gasteiger partial charge in [-0.15, -0.1) is 0 Å². The third-order valence-corrected chi connectivity index (χ3v) is 15.2. The number of para-hydroxylation sites is 3. The van der Waals surface area contributed by atoms with E-state index in [9.17, 15) is 10.2 Å². The molecule has 0 fully saturated rings. The molecule has 0 bridgehead atoms. The predicted molar refractivity (Wildman–Crippen MR) is 287 cm³/mol. The smallest absolute Gasteiger partial charge is 0.210 e. The Morgan fingerprint density at radius 1 is 0.643 bits per heavy atom. The fourth-order valence-corrected chi connectivity index (χ4v) is 11.7. The first-order valence-electron chi connectivity index (χ1n) is 25.4. The third kappa shape index (κ3) is 9.02. The van der Waals surface area contributed by atoms with E-state index in [4.69, 9.17) is 2.80 Å². The maximum absolute atomic E-state index is 9.75. The van der Waals surface area contributed by atoms with Crippen LogP contribution in [-0.4, -0.2) is 86.4 Å². The Hall–Kier alpha value is -4.60. The molecular weight excluding hydrogens is 1090 g/mol. The number of hydrogen-bond acceptors (Lipinski definition) is 4. The van der Waals surface area contributed by atoms with Crippen LogP contribution in [0, 0.1) is 0 Å². The molecule has 0 radical (unpaired) electrons. The molecule has 7 aromatic rings. The van der Waals surface area contributed by atoms with Crippen molar-refractivity contribution in [2.24, 2.45) is 14.1 Å².